The number of para-hydroxylation sites is 1. The van der Waals surface area contributed by atoms with Crippen LogP contribution in [0.5, 0.6) is 0 Å². The van der Waals surface area contributed by atoms with Crippen LogP contribution in [0.4, 0.5) is 17.1 Å². The van der Waals surface area contributed by atoms with Crippen molar-refractivity contribution in [1.82, 2.24) is 0 Å². The third kappa shape index (κ3) is 5.71. The molecule has 0 fully saturated rings. The summed E-state index contributed by atoms with van der Waals surface area (Å²) >= 11 is 0. The zero-order valence-corrected chi connectivity index (χ0v) is 35.4. The van der Waals surface area contributed by atoms with Gasteiger partial charge in [-0.05, 0) is 145 Å². The molecule has 0 unspecified atom stereocenters. The first-order chi connectivity index (χ1) is 26.5. The molecule has 3 aliphatic carbocycles. The molecule has 0 N–H and O–H groups in total. The van der Waals surface area contributed by atoms with E-state index in [-0.39, 0.29) is 27.1 Å². The summed E-state index contributed by atoms with van der Waals surface area (Å²) in [7, 11) is 0. The smallest absolute Gasteiger partial charge is 0.0543 e. The molecule has 0 radical (unpaired) electrons. The molecule has 0 spiro atoms. The molecule has 0 bridgehead atoms. The van der Waals surface area contributed by atoms with Crippen molar-refractivity contribution in [1.29, 1.82) is 0 Å². The molecular weight excluding hydrogens is 675 g/mol. The number of nitrogens with zero attached hydrogens (tertiary/aromatic N) is 1. The van der Waals surface area contributed by atoms with Crippen LogP contribution in [0.1, 0.15) is 128 Å². The molecule has 0 aliphatic heterocycles. The lowest BCUT2D eigenvalue weighted by molar-refractivity contribution is 0.332. The molecular formula is C55H59N. The van der Waals surface area contributed by atoms with E-state index in [1.165, 1.54) is 104 Å². The summed E-state index contributed by atoms with van der Waals surface area (Å²) in [5, 5.41) is 0. The van der Waals surface area contributed by atoms with Crippen LogP contribution in [0.3, 0.4) is 0 Å². The summed E-state index contributed by atoms with van der Waals surface area (Å²) in [5.41, 5.74) is 20.6. The van der Waals surface area contributed by atoms with Gasteiger partial charge < -0.3 is 4.90 Å². The fraction of sp³-hybridized carbons (Fsp3) is 0.345. The van der Waals surface area contributed by atoms with Gasteiger partial charge in [0.2, 0.25) is 0 Å². The van der Waals surface area contributed by atoms with E-state index in [1.54, 1.807) is 0 Å². The Kier molecular flexibility index (Phi) is 8.24. The molecule has 0 saturated carbocycles. The first kappa shape index (κ1) is 36.7. The van der Waals surface area contributed by atoms with Crippen molar-refractivity contribution >= 4 is 17.1 Å². The highest BCUT2D eigenvalue weighted by molar-refractivity contribution is 5.96. The zero-order chi connectivity index (χ0) is 39.4. The molecule has 56 heavy (non-hydrogen) atoms. The monoisotopic (exact) mass is 733 g/mol. The van der Waals surface area contributed by atoms with Gasteiger partial charge in [0.25, 0.3) is 0 Å². The Morgan fingerprint density at radius 1 is 0.357 bits per heavy atom. The normalized spacial score (nSPS) is 19.0. The summed E-state index contributed by atoms with van der Waals surface area (Å²) in [4.78, 5) is 2.55. The predicted octanol–water partition coefficient (Wildman–Crippen LogP) is 15.5. The summed E-state index contributed by atoms with van der Waals surface area (Å²) < 4.78 is 0. The van der Waals surface area contributed by atoms with Crippen molar-refractivity contribution in [3.05, 3.63) is 161 Å². The molecule has 9 rings (SSSR count). The summed E-state index contributed by atoms with van der Waals surface area (Å²) in [6.45, 7) is 24.3. The van der Waals surface area contributed by atoms with E-state index in [4.69, 9.17) is 0 Å². The van der Waals surface area contributed by atoms with Crippen molar-refractivity contribution in [3.63, 3.8) is 0 Å². The van der Waals surface area contributed by atoms with Gasteiger partial charge in [-0.15, -0.1) is 0 Å². The average Bonchev–Trinajstić information content (AvgIpc) is 3.40. The van der Waals surface area contributed by atoms with Crippen molar-refractivity contribution in [2.45, 2.75) is 122 Å². The molecule has 284 valence electrons. The maximum absolute atomic E-state index is 2.55. The largest absolute Gasteiger partial charge is 0.310 e. The first-order valence-corrected chi connectivity index (χ1v) is 21.0. The minimum absolute atomic E-state index is 0.0429. The Balaban J connectivity index is 1.31. The van der Waals surface area contributed by atoms with Crippen molar-refractivity contribution in [3.8, 4) is 33.4 Å². The lowest BCUT2D eigenvalue weighted by Gasteiger charge is -2.43. The molecule has 0 amide bonds. The highest BCUT2D eigenvalue weighted by Crippen LogP contribution is 2.56. The van der Waals surface area contributed by atoms with Crippen LogP contribution in [0.15, 0.2) is 127 Å². The van der Waals surface area contributed by atoms with E-state index in [1.807, 2.05) is 0 Å². The van der Waals surface area contributed by atoms with Crippen LogP contribution in [0.25, 0.3) is 33.4 Å². The van der Waals surface area contributed by atoms with Gasteiger partial charge in [0.1, 0.15) is 0 Å². The molecule has 0 saturated heterocycles. The van der Waals surface area contributed by atoms with Gasteiger partial charge in [-0.1, -0.05) is 160 Å². The highest BCUT2D eigenvalue weighted by atomic mass is 15.1. The Labute approximate surface area is 336 Å². The number of benzene rings is 6. The minimum Gasteiger partial charge on any atom is -0.310 e. The Bertz CT molecular complexity index is 2510. The third-order valence-corrected chi connectivity index (χ3v) is 14.4. The van der Waals surface area contributed by atoms with E-state index in [0.717, 1.165) is 5.69 Å². The van der Waals surface area contributed by atoms with Crippen molar-refractivity contribution in [2.24, 2.45) is 0 Å². The quantitative estimate of drug-likeness (QED) is 0.171. The Morgan fingerprint density at radius 2 is 0.929 bits per heavy atom. The number of hydrogen-bond acceptors (Lipinski definition) is 1. The van der Waals surface area contributed by atoms with Gasteiger partial charge in [-0.2, -0.15) is 0 Å². The molecule has 0 heterocycles. The average molecular weight is 734 g/mol. The van der Waals surface area contributed by atoms with E-state index >= 15 is 0 Å². The molecule has 3 aliphatic rings. The maximum atomic E-state index is 2.55. The topological polar surface area (TPSA) is 3.24 Å². The van der Waals surface area contributed by atoms with Gasteiger partial charge in [-0.3, -0.25) is 0 Å². The van der Waals surface area contributed by atoms with E-state index < -0.39 is 0 Å². The van der Waals surface area contributed by atoms with Gasteiger partial charge in [0.05, 0.1) is 5.69 Å². The predicted molar refractivity (Wildman–Crippen MR) is 240 cm³/mol. The lowest BCUT2D eigenvalue weighted by Crippen LogP contribution is -2.34. The van der Waals surface area contributed by atoms with Crippen molar-refractivity contribution in [2.75, 3.05) is 4.90 Å². The first-order valence-electron chi connectivity index (χ1n) is 21.0. The fourth-order valence-electron chi connectivity index (χ4n) is 10.7. The third-order valence-electron chi connectivity index (χ3n) is 14.4. The molecule has 6 aromatic rings. The fourth-order valence-corrected chi connectivity index (χ4v) is 10.7. The van der Waals surface area contributed by atoms with Crippen molar-refractivity contribution < 1.29 is 0 Å². The Hall–Kier alpha value is -4.88. The second kappa shape index (κ2) is 12.6. The van der Waals surface area contributed by atoms with E-state index in [0.29, 0.717) is 0 Å². The number of rotatable bonds is 5. The SMILES string of the molecule is CC1(C)CCC(C)(C)c2cc(-c3cccc(N(c4ccccc4)c4cc5c(cc4-c4cccc6c4C(C)(C)CCC6(C)C)-c4ccccc4C5(C)C)c3)ccc21. The zero-order valence-electron chi connectivity index (χ0n) is 35.4. The van der Waals surface area contributed by atoms with Crippen LogP contribution in [-0.2, 0) is 27.1 Å². The van der Waals surface area contributed by atoms with Crippen LogP contribution in [-0.4, -0.2) is 0 Å². The second-order valence-electron chi connectivity index (χ2n) is 20.3. The van der Waals surface area contributed by atoms with E-state index in [2.05, 4.69) is 202 Å². The van der Waals surface area contributed by atoms with Crippen LogP contribution < -0.4 is 4.90 Å². The number of fused-ring (bicyclic) bond motifs is 5. The van der Waals surface area contributed by atoms with E-state index in [9.17, 15) is 0 Å². The Morgan fingerprint density at radius 3 is 1.68 bits per heavy atom. The molecule has 0 atom stereocenters. The van der Waals surface area contributed by atoms with Gasteiger partial charge in [0, 0.05) is 22.4 Å². The van der Waals surface area contributed by atoms with Crippen LogP contribution in [0, 0.1) is 0 Å². The number of hydrogen-bond donors (Lipinski definition) is 0. The maximum Gasteiger partial charge on any atom is 0.0543 e. The second-order valence-corrected chi connectivity index (χ2v) is 20.3. The van der Waals surface area contributed by atoms with Crippen LogP contribution >= 0.6 is 0 Å². The summed E-state index contributed by atoms with van der Waals surface area (Å²) in [6, 6.07) is 49.0. The van der Waals surface area contributed by atoms with Crippen LogP contribution in [0.2, 0.25) is 0 Å². The van der Waals surface area contributed by atoms with Gasteiger partial charge >= 0.3 is 0 Å². The molecule has 6 aromatic carbocycles. The summed E-state index contributed by atoms with van der Waals surface area (Å²) in [6.07, 6.45) is 4.78. The summed E-state index contributed by atoms with van der Waals surface area (Å²) in [5.74, 6) is 0. The number of anilines is 3. The minimum atomic E-state index is -0.134. The standard InChI is InChI=1S/C55H59N/c1-51(2)28-29-53(5,6)48-33-37(26-27-45(48)51)36-18-16-21-39(32-36)56(38-19-12-11-13-20-38)49-35-47-42(40-22-14-15-24-44(40)55(47,9)10)34-43(49)41-23-17-25-46-50(41)54(7,8)31-30-52(46,3)4/h11-27,32-35H,28-31H2,1-10H3. The lowest BCUT2D eigenvalue weighted by atomic mass is 9.61. The van der Waals surface area contributed by atoms with Gasteiger partial charge in [0.15, 0.2) is 0 Å². The molecule has 1 nitrogen and oxygen atoms in total. The molecule has 0 aromatic heterocycles. The van der Waals surface area contributed by atoms with Gasteiger partial charge in [-0.25, -0.2) is 0 Å². The highest BCUT2D eigenvalue weighted by Gasteiger charge is 2.42. The molecule has 1 heteroatoms.